The second-order valence-corrected chi connectivity index (χ2v) is 5.57. The van der Waals surface area contributed by atoms with Crippen molar-refractivity contribution in [2.75, 3.05) is 6.54 Å². The second-order valence-electron chi connectivity index (χ2n) is 4.28. The maximum atomic E-state index is 12.1. The van der Waals surface area contributed by atoms with E-state index in [1.54, 1.807) is 18.2 Å². The van der Waals surface area contributed by atoms with Crippen LogP contribution in [0.4, 0.5) is 0 Å². The van der Waals surface area contributed by atoms with Crippen molar-refractivity contribution in [2.24, 2.45) is 11.7 Å². The van der Waals surface area contributed by atoms with Crippen molar-refractivity contribution in [3.8, 4) is 0 Å². The van der Waals surface area contributed by atoms with Crippen LogP contribution in [-0.2, 0) is 0 Å². The number of halogens is 3. The van der Waals surface area contributed by atoms with Crippen LogP contribution >= 0.6 is 39.9 Å². The average molecular weight is 354 g/mol. The Morgan fingerprint density at radius 1 is 1.56 bits per heavy atom. The monoisotopic (exact) mass is 352 g/mol. The minimum atomic E-state index is -0.123. The first-order valence-corrected chi connectivity index (χ1v) is 6.75. The largest absolute Gasteiger partial charge is 0.348 e. The van der Waals surface area contributed by atoms with Gasteiger partial charge in [-0.25, -0.2) is 0 Å². The van der Waals surface area contributed by atoms with Gasteiger partial charge in [0.1, 0.15) is 0 Å². The Balaban J connectivity index is 0.00000162. The topological polar surface area (TPSA) is 55.1 Å². The molecule has 1 atom stereocenters. The average Bonchev–Trinajstić information content (AvgIpc) is 3.13. The molecule has 1 aromatic rings. The molecular formula is C12H15BrCl2N2O. The molecule has 3 N–H and O–H groups in total. The maximum Gasteiger partial charge on any atom is 0.252 e. The number of nitrogens with one attached hydrogen (secondary N) is 1. The second kappa shape index (κ2) is 6.75. The molecule has 0 bridgehead atoms. The van der Waals surface area contributed by atoms with Crippen molar-refractivity contribution in [1.29, 1.82) is 0 Å². The lowest BCUT2D eigenvalue weighted by molar-refractivity contribution is 0.0932. The summed E-state index contributed by atoms with van der Waals surface area (Å²) in [6.07, 6.45) is 2.30. The summed E-state index contributed by atoms with van der Waals surface area (Å²) < 4.78 is 0.742. The molecule has 0 spiro atoms. The van der Waals surface area contributed by atoms with Gasteiger partial charge in [-0.2, -0.15) is 0 Å². The molecule has 1 aromatic carbocycles. The highest BCUT2D eigenvalue weighted by Gasteiger charge is 2.31. The molecular weight excluding hydrogens is 339 g/mol. The summed E-state index contributed by atoms with van der Waals surface area (Å²) in [4.78, 5) is 12.1. The molecule has 1 aliphatic carbocycles. The molecule has 1 amide bonds. The van der Waals surface area contributed by atoms with Crippen LogP contribution in [0.1, 0.15) is 23.2 Å². The summed E-state index contributed by atoms with van der Waals surface area (Å²) in [6.45, 7) is 0.481. The predicted molar refractivity (Wildman–Crippen MR) is 79.4 cm³/mol. The molecule has 18 heavy (non-hydrogen) atoms. The SMILES string of the molecule is Cl.NCC(NC(=O)c1cc(Cl)ccc1Br)C1CC1. The van der Waals surface area contributed by atoms with Crippen molar-refractivity contribution in [1.82, 2.24) is 5.32 Å². The third-order valence-corrected chi connectivity index (χ3v) is 3.86. The number of carbonyl (C=O) groups is 1. The fraction of sp³-hybridized carbons (Fsp3) is 0.417. The van der Waals surface area contributed by atoms with Crippen molar-refractivity contribution in [2.45, 2.75) is 18.9 Å². The standard InChI is InChI=1S/C12H14BrClN2O.ClH/c13-10-4-3-8(14)5-9(10)12(17)16-11(6-15)7-1-2-7;/h3-5,7,11H,1-2,6,15H2,(H,16,17);1H. The molecule has 6 heteroatoms. The lowest BCUT2D eigenvalue weighted by atomic mass is 10.1. The first kappa shape index (κ1) is 15.8. The predicted octanol–water partition coefficient (Wildman–Crippen LogP) is 2.99. The Labute approximate surface area is 126 Å². The van der Waals surface area contributed by atoms with E-state index in [1.165, 1.54) is 0 Å². The Morgan fingerprint density at radius 3 is 2.78 bits per heavy atom. The van der Waals surface area contributed by atoms with Gasteiger partial charge >= 0.3 is 0 Å². The van der Waals surface area contributed by atoms with E-state index < -0.39 is 0 Å². The minimum absolute atomic E-state index is 0. The van der Waals surface area contributed by atoms with Gasteiger partial charge in [-0.15, -0.1) is 12.4 Å². The number of hydrogen-bond acceptors (Lipinski definition) is 2. The normalized spacial score (nSPS) is 15.7. The zero-order valence-electron chi connectivity index (χ0n) is 9.66. The molecule has 0 aliphatic heterocycles. The zero-order valence-corrected chi connectivity index (χ0v) is 12.8. The minimum Gasteiger partial charge on any atom is -0.348 e. The lowest BCUT2D eigenvalue weighted by Gasteiger charge is -2.16. The van der Waals surface area contributed by atoms with Crippen LogP contribution in [0.15, 0.2) is 22.7 Å². The summed E-state index contributed by atoms with van der Waals surface area (Å²) in [5.74, 6) is 0.420. The van der Waals surface area contributed by atoms with Crippen LogP contribution in [0, 0.1) is 5.92 Å². The molecule has 2 rings (SSSR count). The summed E-state index contributed by atoms with van der Waals surface area (Å²) in [5, 5.41) is 3.51. The van der Waals surface area contributed by atoms with Crippen LogP contribution in [-0.4, -0.2) is 18.5 Å². The Bertz CT molecular complexity index is 438. The lowest BCUT2D eigenvalue weighted by Crippen LogP contribution is -2.41. The maximum absolute atomic E-state index is 12.1. The molecule has 1 fully saturated rings. The van der Waals surface area contributed by atoms with Crippen LogP contribution in [0.25, 0.3) is 0 Å². The molecule has 0 saturated heterocycles. The van der Waals surface area contributed by atoms with Gasteiger partial charge in [-0.05, 0) is 52.9 Å². The third-order valence-electron chi connectivity index (χ3n) is 2.93. The molecule has 1 saturated carbocycles. The Hall–Kier alpha value is -0.290. The first-order valence-electron chi connectivity index (χ1n) is 5.58. The highest BCUT2D eigenvalue weighted by molar-refractivity contribution is 9.10. The van der Waals surface area contributed by atoms with E-state index in [4.69, 9.17) is 17.3 Å². The van der Waals surface area contributed by atoms with E-state index in [0.717, 1.165) is 17.3 Å². The van der Waals surface area contributed by atoms with Gasteiger partial charge in [0.2, 0.25) is 0 Å². The smallest absolute Gasteiger partial charge is 0.252 e. The number of benzene rings is 1. The summed E-state index contributed by atoms with van der Waals surface area (Å²) >= 11 is 9.23. The van der Waals surface area contributed by atoms with Gasteiger partial charge in [0.15, 0.2) is 0 Å². The van der Waals surface area contributed by atoms with E-state index >= 15 is 0 Å². The number of nitrogens with two attached hydrogens (primary N) is 1. The van der Waals surface area contributed by atoms with E-state index in [0.29, 0.717) is 23.0 Å². The molecule has 0 radical (unpaired) electrons. The molecule has 1 aliphatic rings. The highest BCUT2D eigenvalue weighted by atomic mass is 79.9. The summed E-state index contributed by atoms with van der Waals surface area (Å²) in [5.41, 5.74) is 6.21. The van der Waals surface area contributed by atoms with Gasteiger partial charge in [-0.3, -0.25) is 4.79 Å². The van der Waals surface area contributed by atoms with Crippen molar-refractivity contribution in [3.63, 3.8) is 0 Å². The first-order chi connectivity index (χ1) is 8.11. The van der Waals surface area contributed by atoms with Crippen LogP contribution < -0.4 is 11.1 Å². The van der Waals surface area contributed by atoms with Crippen molar-refractivity contribution < 1.29 is 4.79 Å². The van der Waals surface area contributed by atoms with Gasteiger partial charge in [0.05, 0.1) is 5.56 Å². The number of hydrogen-bond donors (Lipinski definition) is 2. The molecule has 3 nitrogen and oxygen atoms in total. The Morgan fingerprint density at radius 2 is 2.22 bits per heavy atom. The molecule has 0 heterocycles. The third kappa shape index (κ3) is 3.85. The Kier molecular flexibility index (Phi) is 5.92. The summed E-state index contributed by atoms with van der Waals surface area (Å²) in [7, 11) is 0. The highest BCUT2D eigenvalue weighted by Crippen LogP contribution is 2.32. The van der Waals surface area contributed by atoms with Gasteiger partial charge in [-0.1, -0.05) is 11.6 Å². The van der Waals surface area contributed by atoms with E-state index in [2.05, 4.69) is 21.2 Å². The quantitative estimate of drug-likeness (QED) is 0.874. The molecule has 0 aromatic heterocycles. The van der Waals surface area contributed by atoms with Gasteiger partial charge < -0.3 is 11.1 Å². The van der Waals surface area contributed by atoms with Crippen molar-refractivity contribution in [3.05, 3.63) is 33.3 Å². The zero-order chi connectivity index (χ0) is 12.4. The number of carbonyl (C=O) groups excluding carboxylic acids is 1. The van der Waals surface area contributed by atoms with Crippen LogP contribution in [0.5, 0.6) is 0 Å². The fourth-order valence-electron chi connectivity index (χ4n) is 1.79. The van der Waals surface area contributed by atoms with E-state index in [-0.39, 0.29) is 24.4 Å². The van der Waals surface area contributed by atoms with E-state index in [1.807, 2.05) is 0 Å². The van der Waals surface area contributed by atoms with Crippen LogP contribution in [0.3, 0.4) is 0 Å². The fourth-order valence-corrected chi connectivity index (χ4v) is 2.38. The van der Waals surface area contributed by atoms with Gasteiger partial charge in [0.25, 0.3) is 5.91 Å². The number of amides is 1. The number of rotatable bonds is 4. The molecule has 1 unspecified atom stereocenters. The summed E-state index contributed by atoms with van der Waals surface area (Å²) in [6, 6.07) is 5.24. The van der Waals surface area contributed by atoms with E-state index in [9.17, 15) is 4.79 Å². The molecule has 100 valence electrons. The van der Waals surface area contributed by atoms with Crippen LogP contribution in [0.2, 0.25) is 5.02 Å². The van der Waals surface area contributed by atoms with Gasteiger partial charge in [0, 0.05) is 22.1 Å². The van der Waals surface area contributed by atoms with Crippen molar-refractivity contribution >= 4 is 45.8 Å².